The van der Waals surface area contributed by atoms with Crippen LogP contribution in [0.5, 0.6) is 5.75 Å². The van der Waals surface area contributed by atoms with E-state index in [-0.39, 0.29) is 12.8 Å². The first-order chi connectivity index (χ1) is 15.6. The second-order valence-electron chi connectivity index (χ2n) is 8.84. The first-order valence-electron chi connectivity index (χ1n) is 11.0. The van der Waals surface area contributed by atoms with Gasteiger partial charge in [-0.25, -0.2) is 4.79 Å². The van der Waals surface area contributed by atoms with Crippen LogP contribution in [0.4, 0.5) is 0 Å². The maximum Gasteiger partial charge on any atom is 0.327 e. The highest BCUT2D eigenvalue weighted by atomic mass is 32.2. The topological polar surface area (TPSA) is 133 Å². The lowest BCUT2D eigenvalue weighted by Gasteiger charge is -2.43. The molecule has 4 atom stereocenters. The molecule has 2 aliphatic rings. The fourth-order valence-corrected chi connectivity index (χ4v) is 5.86. The predicted molar refractivity (Wildman–Crippen MR) is 122 cm³/mol. The van der Waals surface area contributed by atoms with Crippen LogP contribution in [0.25, 0.3) is 0 Å². The van der Waals surface area contributed by atoms with Crippen molar-refractivity contribution in [2.75, 3.05) is 6.61 Å². The summed E-state index contributed by atoms with van der Waals surface area (Å²) in [6, 6.07) is 5.08. The zero-order valence-corrected chi connectivity index (χ0v) is 19.8. The second-order valence-corrected chi connectivity index (χ2v) is 10.6. The number of nitrogens with zero attached hydrogens (tertiary/aromatic N) is 1. The Labute approximate surface area is 196 Å². The molecule has 0 spiro atoms. The number of aliphatic carboxylic acids is 2. The fraction of sp³-hybridized carbons (Fsp3) is 0.565. The summed E-state index contributed by atoms with van der Waals surface area (Å²) >= 11 is 1.35. The van der Waals surface area contributed by atoms with Gasteiger partial charge in [-0.05, 0) is 44.4 Å². The van der Waals surface area contributed by atoms with Crippen molar-refractivity contribution < 1.29 is 34.1 Å². The van der Waals surface area contributed by atoms with Crippen molar-refractivity contribution in [1.29, 1.82) is 0 Å². The van der Waals surface area contributed by atoms with Gasteiger partial charge in [0.15, 0.2) is 0 Å². The van der Waals surface area contributed by atoms with Gasteiger partial charge in [0.25, 0.3) is 0 Å². The molecule has 0 unspecified atom stereocenters. The summed E-state index contributed by atoms with van der Waals surface area (Å²) in [6.45, 7) is 6.19. The van der Waals surface area contributed by atoms with E-state index in [0.717, 1.165) is 12.8 Å². The number of carboxylic acid groups (broad SMARTS) is 2. The van der Waals surface area contributed by atoms with Crippen LogP contribution in [-0.4, -0.2) is 67.7 Å². The Morgan fingerprint density at radius 2 is 1.88 bits per heavy atom. The number of hydrogen-bond acceptors (Lipinski definition) is 6. The number of β-lactam (4-membered cyclic amide) rings is 1. The first-order valence-corrected chi connectivity index (χ1v) is 11.9. The predicted octanol–water partition coefficient (Wildman–Crippen LogP) is 2.45. The van der Waals surface area contributed by atoms with Gasteiger partial charge in [-0.1, -0.05) is 25.5 Å². The van der Waals surface area contributed by atoms with E-state index >= 15 is 0 Å². The SMILES string of the molecule is CCCCOc1ccc([C@H](CCC(=O)N[C@@H]2C(=O)N3[C@@H]2SC(C)(C)[C@H]3C(=O)O)C(=O)O)cc1. The molecule has 2 fully saturated rings. The van der Waals surface area contributed by atoms with Crippen LogP contribution in [0.3, 0.4) is 0 Å². The normalized spacial score (nSPS) is 23.9. The number of carbonyl (C=O) groups is 4. The minimum absolute atomic E-state index is 0.0708. The quantitative estimate of drug-likeness (QED) is 0.326. The van der Waals surface area contributed by atoms with Gasteiger partial charge in [0.1, 0.15) is 23.2 Å². The number of carbonyl (C=O) groups excluding carboxylic acids is 2. The fourth-order valence-electron chi connectivity index (χ4n) is 4.23. The molecule has 0 aromatic heterocycles. The third-order valence-corrected chi connectivity index (χ3v) is 7.57. The van der Waals surface area contributed by atoms with Crippen molar-refractivity contribution in [1.82, 2.24) is 10.2 Å². The summed E-state index contributed by atoms with van der Waals surface area (Å²) in [5, 5.41) is 21.3. The molecule has 2 saturated heterocycles. The van der Waals surface area contributed by atoms with Crippen LogP contribution in [0.15, 0.2) is 24.3 Å². The number of unbranched alkanes of at least 4 members (excludes halogenated alkanes) is 1. The smallest absolute Gasteiger partial charge is 0.327 e. The van der Waals surface area contributed by atoms with Crippen LogP contribution in [0, 0.1) is 0 Å². The molecule has 0 aliphatic carbocycles. The number of fused-ring (bicyclic) bond motifs is 1. The highest BCUT2D eigenvalue weighted by Gasteiger charge is 2.64. The minimum Gasteiger partial charge on any atom is -0.494 e. The highest BCUT2D eigenvalue weighted by Crippen LogP contribution is 2.50. The molecule has 1 aromatic carbocycles. The number of thioether (sulfide) groups is 1. The van der Waals surface area contributed by atoms with Crippen molar-refractivity contribution in [2.24, 2.45) is 0 Å². The number of nitrogens with one attached hydrogen (secondary N) is 1. The van der Waals surface area contributed by atoms with Crippen LogP contribution < -0.4 is 10.1 Å². The largest absolute Gasteiger partial charge is 0.494 e. The number of amides is 2. The zero-order chi connectivity index (χ0) is 24.3. The third-order valence-electron chi connectivity index (χ3n) is 6.00. The number of benzene rings is 1. The molecule has 2 heterocycles. The van der Waals surface area contributed by atoms with E-state index < -0.39 is 51.9 Å². The van der Waals surface area contributed by atoms with Gasteiger partial charge >= 0.3 is 11.9 Å². The molecule has 0 bridgehead atoms. The number of ether oxygens (including phenoxy) is 1. The lowest BCUT2D eigenvalue weighted by molar-refractivity contribution is -0.161. The lowest BCUT2D eigenvalue weighted by atomic mass is 9.93. The highest BCUT2D eigenvalue weighted by molar-refractivity contribution is 8.01. The van der Waals surface area contributed by atoms with Crippen molar-refractivity contribution in [2.45, 2.75) is 74.6 Å². The Hall–Kier alpha value is -2.75. The Morgan fingerprint density at radius 1 is 1.21 bits per heavy atom. The first kappa shape index (κ1) is 24.9. The molecule has 180 valence electrons. The van der Waals surface area contributed by atoms with Crippen molar-refractivity contribution in [3.63, 3.8) is 0 Å². The van der Waals surface area contributed by atoms with Gasteiger partial charge in [0.2, 0.25) is 11.8 Å². The van der Waals surface area contributed by atoms with E-state index in [1.54, 1.807) is 38.1 Å². The number of rotatable bonds is 11. The van der Waals surface area contributed by atoms with Gasteiger partial charge in [0.05, 0.1) is 12.5 Å². The molecule has 0 saturated carbocycles. The Balaban J connectivity index is 1.55. The third kappa shape index (κ3) is 5.26. The van der Waals surface area contributed by atoms with Gasteiger partial charge < -0.3 is 25.2 Å². The second kappa shape index (κ2) is 10.0. The van der Waals surface area contributed by atoms with Crippen LogP contribution in [0.2, 0.25) is 0 Å². The van der Waals surface area contributed by atoms with Crippen molar-refractivity contribution in [3.8, 4) is 5.75 Å². The molecule has 3 rings (SSSR count). The zero-order valence-electron chi connectivity index (χ0n) is 18.9. The Kier molecular flexibility index (Phi) is 7.56. The van der Waals surface area contributed by atoms with Gasteiger partial charge in [-0.15, -0.1) is 11.8 Å². The molecule has 2 aliphatic heterocycles. The summed E-state index contributed by atoms with van der Waals surface area (Å²) in [6.07, 6.45) is 1.95. The van der Waals surface area contributed by atoms with Crippen LogP contribution in [-0.2, 0) is 19.2 Å². The average Bonchev–Trinajstić information content (AvgIpc) is 3.01. The maximum atomic E-state index is 12.5. The molecule has 10 heteroatoms. The van der Waals surface area contributed by atoms with Gasteiger partial charge in [-0.3, -0.25) is 14.4 Å². The molecule has 3 N–H and O–H groups in total. The molecule has 33 heavy (non-hydrogen) atoms. The summed E-state index contributed by atoms with van der Waals surface area (Å²) in [7, 11) is 0. The molecular weight excluding hydrogens is 448 g/mol. The maximum absolute atomic E-state index is 12.5. The minimum atomic E-state index is -1.07. The Morgan fingerprint density at radius 3 is 2.45 bits per heavy atom. The molecule has 9 nitrogen and oxygen atoms in total. The Bertz CT molecular complexity index is 918. The van der Waals surface area contributed by atoms with E-state index in [1.807, 2.05) is 0 Å². The average molecular weight is 479 g/mol. The standard InChI is InChI=1S/C23H30N2O7S/c1-4-5-12-32-14-8-6-13(7-9-14)15(21(28)29)10-11-16(26)24-17-19(27)25-18(22(30)31)23(2,3)33-20(17)25/h6-9,15,17-18,20H,4-5,10-12H2,1-3H3,(H,24,26)(H,28,29)(H,30,31)/t15-,17+,18+,20+/m0/s1. The van der Waals surface area contributed by atoms with E-state index in [9.17, 15) is 29.4 Å². The van der Waals surface area contributed by atoms with Crippen LogP contribution in [0.1, 0.15) is 57.9 Å². The van der Waals surface area contributed by atoms with Crippen LogP contribution >= 0.6 is 11.8 Å². The van der Waals surface area contributed by atoms with Gasteiger partial charge in [-0.2, -0.15) is 0 Å². The van der Waals surface area contributed by atoms with E-state index in [1.165, 1.54) is 16.7 Å². The summed E-state index contributed by atoms with van der Waals surface area (Å²) in [5.74, 6) is -3.17. The molecule has 1 aromatic rings. The summed E-state index contributed by atoms with van der Waals surface area (Å²) < 4.78 is 4.92. The van der Waals surface area contributed by atoms with Gasteiger partial charge in [0, 0.05) is 11.2 Å². The molecule has 2 amide bonds. The summed E-state index contributed by atoms with van der Waals surface area (Å²) in [5.41, 5.74) is 0.571. The lowest BCUT2D eigenvalue weighted by Crippen LogP contribution is -2.70. The molecule has 0 radical (unpaired) electrons. The van der Waals surface area contributed by atoms with E-state index in [2.05, 4.69) is 12.2 Å². The van der Waals surface area contributed by atoms with Crippen molar-refractivity contribution >= 4 is 35.5 Å². The van der Waals surface area contributed by atoms with E-state index in [4.69, 9.17) is 4.74 Å². The number of hydrogen-bond donors (Lipinski definition) is 3. The van der Waals surface area contributed by atoms with Crippen molar-refractivity contribution in [3.05, 3.63) is 29.8 Å². The van der Waals surface area contributed by atoms with E-state index in [0.29, 0.717) is 17.9 Å². The number of carboxylic acids is 2. The monoisotopic (exact) mass is 478 g/mol. The summed E-state index contributed by atoms with van der Waals surface area (Å²) in [4.78, 5) is 49.7. The molecular formula is C23H30N2O7S.